The fourth-order valence-electron chi connectivity index (χ4n) is 2.39. The Hall–Kier alpha value is -0.550. The van der Waals surface area contributed by atoms with Gasteiger partial charge < -0.3 is 4.90 Å². The van der Waals surface area contributed by atoms with Crippen LogP contribution in [0.4, 0.5) is 0 Å². The zero-order valence-corrected chi connectivity index (χ0v) is 8.95. The average Bonchev–Trinajstić information content (AvgIpc) is 2.51. The first-order chi connectivity index (χ1) is 6.15. The lowest BCUT2D eigenvalue weighted by Gasteiger charge is -2.28. The van der Waals surface area contributed by atoms with Crippen molar-refractivity contribution >= 4 is 0 Å². The minimum atomic E-state index is 0.165. The van der Waals surface area contributed by atoms with E-state index in [4.69, 9.17) is 5.26 Å². The zero-order valence-electron chi connectivity index (χ0n) is 8.95. The summed E-state index contributed by atoms with van der Waals surface area (Å²) in [6.07, 6.45) is 4.03. The van der Waals surface area contributed by atoms with Crippen molar-refractivity contribution in [3.8, 4) is 6.07 Å². The van der Waals surface area contributed by atoms with Crippen molar-refractivity contribution in [3.05, 3.63) is 0 Å². The first-order valence-corrected chi connectivity index (χ1v) is 5.25. The van der Waals surface area contributed by atoms with Crippen LogP contribution in [0.5, 0.6) is 0 Å². The highest BCUT2D eigenvalue weighted by atomic mass is 15.1. The molecule has 13 heavy (non-hydrogen) atoms. The topological polar surface area (TPSA) is 27.0 Å². The molecule has 3 atom stereocenters. The molecule has 2 heteroatoms. The van der Waals surface area contributed by atoms with Gasteiger partial charge >= 0.3 is 0 Å². The minimum absolute atomic E-state index is 0.165. The van der Waals surface area contributed by atoms with Crippen molar-refractivity contribution in [2.45, 2.75) is 39.2 Å². The minimum Gasteiger partial charge on any atom is -0.302 e. The van der Waals surface area contributed by atoms with Crippen LogP contribution in [-0.4, -0.2) is 24.5 Å². The van der Waals surface area contributed by atoms with Crippen LogP contribution < -0.4 is 0 Å². The number of hydrogen-bond donors (Lipinski definition) is 0. The first-order valence-electron chi connectivity index (χ1n) is 5.25. The van der Waals surface area contributed by atoms with E-state index >= 15 is 0 Å². The largest absolute Gasteiger partial charge is 0.302 e. The van der Waals surface area contributed by atoms with Crippen LogP contribution in [0.2, 0.25) is 0 Å². The van der Waals surface area contributed by atoms with Gasteiger partial charge in [-0.2, -0.15) is 5.26 Å². The van der Waals surface area contributed by atoms with Crippen LogP contribution in [0.25, 0.3) is 0 Å². The molecule has 1 aliphatic carbocycles. The van der Waals surface area contributed by atoms with E-state index in [0.29, 0.717) is 0 Å². The Bertz CT molecular complexity index is 195. The maximum absolute atomic E-state index is 8.72. The van der Waals surface area contributed by atoms with Crippen LogP contribution in [0.1, 0.15) is 33.1 Å². The Labute approximate surface area is 81.5 Å². The lowest BCUT2D eigenvalue weighted by atomic mass is 10.0. The maximum Gasteiger partial charge on any atom is 0.0666 e. The summed E-state index contributed by atoms with van der Waals surface area (Å²) in [4.78, 5) is 2.37. The Morgan fingerprint density at radius 2 is 2.23 bits per heavy atom. The van der Waals surface area contributed by atoms with E-state index in [0.717, 1.165) is 18.5 Å². The second kappa shape index (κ2) is 4.62. The van der Waals surface area contributed by atoms with E-state index in [1.54, 1.807) is 0 Å². The summed E-state index contributed by atoms with van der Waals surface area (Å²) >= 11 is 0. The highest BCUT2D eigenvalue weighted by molar-refractivity contribution is 4.86. The van der Waals surface area contributed by atoms with Gasteiger partial charge in [-0.25, -0.2) is 0 Å². The van der Waals surface area contributed by atoms with Gasteiger partial charge in [0.2, 0.25) is 0 Å². The van der Waals surface area contributed by atoms with Crippen LogP contribution in [0.15, 0.2) is 0 Å². The van der Waals surface area contributed by atoms with E-state index in [1.807, 2.05) is 6.92 Å². The summed E-state index contributed by atoms with van der Waals surface area (Å²) in [6.45, 7) is 5.24. The third kappa shape index (κ3) is 2.70. The van der Waals surface area contributed by atoms with Gasteiger partial charge in [-0.15, -0.1) is 0 Å². The highest BCUT2D eigenvalue weighted by Crippen LogP contribution is 2.28. The number of nitriles is 1. The molecule has 0 aromatic heterocycles. The predicted octanol–water partition coefficient (Wildman–Crippen LogP) is 2.27. The molecule has 1 aliphatic rings. The number of hydrogen-bond acceptors (Lipinski definition) is 2. The van der Waals surface area contributed by atoms with Crippen molar-refractivity contribution in [1.82, 2.24) is 4.90 Å². The first kappa shape index (κ1) is 10.5. The second-order valence-corrected chi connectivity index (χ2v) is 4.45. The van der Waals surface area contributed by atoms with Gasteiger partial charge in [0.15, 0.2) is 0 Å². The number of nitrogens with zero attached hydrogens (tertiary/aromatic N) is 2. The maximum atomic E-state index is 8.72. The zero-order chi connectivity index (χ0) is 9.84. The smallest absolute Gasteiger partial charge is 0.0666 e. The molecule has 0 N–H and O–H groups in total. The van der Waals surface area contributed by atoms with E-state index < -0.39 is 0 Å². The van der Waals surface area contributed by atoms with E-state index in [1.165, 1.54) is 19.3 Å². The lowest BCUT2D eigenvalue weighted by Crippen LogP contribution is -2.36. The molecule has 0 spiro atoms. The Kier molecular flexibility index (Phi) is 3.74. The van der Waals surface area contributed by atoms with Crippen LogP contribution >= 0.6 is 0 Å². The van der Waals surface area contributed by atoms with E-state index in [-0.39, 0.29) is 5.92 Å². The number of rotatable bonds is 3. The molecule has 3 unspecified atom stereocenters. The SMILES string of the molecule is CC(C#N)CN(C)C1CCCC1C. The van der Waals surface area contributed by atoms with Gasteiger partial charge in [-0.3, -0.25) is 0 Å². The Balaban J connectivity index is 2.39. The summed E-state index contributed by atoms with van der Waals surface area (Å²) in [7, 11) is 2.15. The molecular formula is C11H20N2. The van der Waals surface area contributed by atoms with Gasteiger partial charge in [0.05, 0.1) is 12.0 Å². The van der Waals surface area contributed by atoms with Crippen molar-refractivity contribution in [2.24, 2.45) is 11.8 Å². The summed E-state index contributed by atoms with van der Waals surface area (Å²) in [6, 6.07) is 3.01. The standard InChI is InChI=1S/C11H20N2/c1-9(7-12)8-13(3)11-6-4-5-10(11)2/h9-11H,4-6,8H2,1-3H3. The van der Waals surface area contributed by atoms with Gasteiger partial charge in [0.25, 0.3) is 0 Å². The summed E-state index contributed by atoms with van der Waals surface area (Å²) < 4.78 is 0. The third-order valence-electron chi connectivity index (χ3n) is 3.16. The second-order valence-electron chi connectivity index (χ2n) is 4.45. The molecule has 0 heterocycles. The van der Waals surface area contributed by atoms with Crippen LogP contribution in [0.3, 0.4) is 0 Å². The molecule has 0 saturated heterocycles. The Morgan fingerprint density at radius 1 is 1.54 bits per heavy atom. The summed E-state index contributed by atoms with van der Waals surface area (Å²) in [5, 5.41) is 8.72. The summed E-state index contributed by atoms with van der Waals surface area (Å²) in [5.41, 5.74) is 0. The van der Waals surface area contributed by atoms with Gasteiger partial charge in [0, 0.05) is 12.6 Å². The van der Waals surface area contributed by atoms with E-state index in [9.17, 15) is 0 Å². The highest BCUT2D eigenvalue weighted by Gasteiger charge is 2.27. The molecule has 0 aromatic rings. The molecule has 1 saturated carbocycles. The van der Waals surface area contributed by atoms with Crippen LogP contribution in [-0.2, 0) is 0 Å². The molecule has 0 bridgehead atoms. The van der Waals surface area contributed by atoms with Crippen molar-refractivity contribution in [2.75, 3.05) is 13.6 Å². The molecule has 2 nitrogen and oxygen atoms in total. The van der Waals surface area contributed by atoms with Crippen molar-refractivity contribution < 1.29 is 0 Å². The molecule has 0 amide bonds. The van der Waals surface area contributed by atoms with E-state index in [2.05, 4.69) is 24.9 Å². The van der Waals surface area contributed by atoms with Crippen molar-refractivity contribution in [3.63, 3.8) is 0 Å². The lowest BCUT2D eigenvalue weighted by molar-refractivity contribution is 0.193. The third-order valence-corrected chi connectivity index (χ3v) is 3.16. The monoisotopic (exact) mass is 180 g/mol. The van der Waals surface area contributed by atoms with Gasteiger partial charge in [0.1, 0.15) is 0 Å². The summed E-state index contributed by atoms with van der Waals surface area (Å²) in [5.74, 6) is 0.980. The molecular weight excluding hydrogens is 160 g/mol. The average molecular weight is 180 g/mol. The quantitative estimate of drug-likeness (QED) is 0.666. The van der Waals surface area contributed by atoms with Crippen molar-refractivity contribution in [1.29, 1.82) is 5.26 Å². The molecule has 74 valence electrons. The molecule has 0 radical (unpaired) electrons. The predicted molar refractivity (Wildman–Crippen MR) is 54.2 cm³/mol. The molecule has 0 aliphatic heterocycles. The fraction of sp³-hybridized carbons (Fsp3) is 0.909. The molecule has 1 rings (SSSR count). The molecule has 1 fully saturated rings. The van der Waals surface area contributed by atoms with Crippen LogP contribution in [0, 0.1) is 23.2 Å². The molecule has 0 aromatic carbocycles. The van der Waals surface area contributed by atoms with Gasteiger partial charge in [-0.05, 0) is 32.7 Å². The Morgan fingerprint density at radius 3 is 2.69 bits per heavy atom. The normalized spacial score (nSPS) is 30.4. The van der Waals surface area contributed by atoms with Gasteiger partial charge in [-0.1, -0.05) is 13.3 Å². The fourth-order valence-corrected chi connectivity index (χ4v) is 2.39.